The van der Waals surface area contributed by atoms with E-state index in [1.54, 1.807) is 19.2 Å². The van der Waals surface area contributed by atoms with Gasteiger partial charge in [-0.25, -0.2) is 37.5 Å². The molecule has 11 heterocycles. The Morgan fingerprint density at radius 2 is 1.36 bits per heavy atom. The number of ketones is 2. The average Bonchev–Trinajstić information content (AvgIpc) is 1.57. The highest BCUT2D eigenvalue weighted by atomic mass is 35.5. The number of nitrogens with zero attached hydrogens (tertiary/aromatic N) is 12. The molecule has 7 N–H and O–H groups in total. The second-order valence-corrected chi connectivity index (χ2v) is 36.1. The summed E-state index contributed by atoms with van der Waals surface area (Å²) in [5, 5.41) is 11.6. The summed E-state index contributed by atoms with van der Waals surface area (Å²) in [5.74, 6) is -2.27. The smallest absolute Gasteiger partial charge is 0.274 e. The minimum atomic E-state index is -1.14. The molecule has 0 saturated carbocycles. The number of likely N-dealkylation sites (N-methyl/N-ethyl adjacent to an activating group) is 1. The molecule has 692 valence electrons. The minimum absolute atomic E-state index is 0.000252. The van der Waals surface area contributed by atoms with Crippen LogP contribution in [0.1, 0.15) is 99.1 Å². The van der Waals surface area contributed by atoms with E-state index in [0.29, 0.717) is 67.9 Å². The number of rotatable bonds is 24. The van der Waals surface area contributed by atoms with Gasteiger partial charge in [-0.3, -0.25) is 47.1 Å². The summed E-state index contributed by atoms with van der Waals surface area (Å²) in [6.45, 7) is 18.4. The molecule has 27 nitrogen and oxygen atoms in total. The van der Waals surface area contributed by atoms with Crippen molar-refractivity contribution < 1.29 is 50.4 Å². The number of imidazole rings is 1. The lowest BCUT2D eigenvalue weighted by molar-refractivity contribution is 0.0974. The highest BCUT2D eigenvalue weighted by Gasteiger charge is 2.50. The maximum absolute atomic E-state index is 14.8. The summed E-state index contributed by atoms with van der Waals surface area (Å²) in [7, 11) is 1.03. The Labute approximate surface area is 787 Å². The molecule has 3 atom stereocenters. The lowest BCUT2D eigenvalue weighted by Crippen LogP contribution is -2.47. The zero-order valence-corrected chi connectivity index (χ0v) is 76.7. The molecular formula is C101H96Cl2F4N18O9S. The van der Waals surface area contributed by atoms with Crippen LogP contribution in [0, 0.1) is 30.2 Å². The molecule has 0 bridgehead atoms. The van der Waals surface area contributed by atoms with E-state index in [1.165, 1.54) is 167 Å². The number of piperazine rings is 1. The summed E-state index contributed by atoms with van der Waals surface area (Å²) in [5.41, 5.74) is 14.8. The van der Waals surface area contributed by atoms with Gasteiger partial charge < -0.3 is 55.7 Å². The Morgan fingerprint density at radius 1 is 0.674 bits per heavy atom. The molecule has 135 heavy (non-hydrogen) atoms. The number of likely N-dealkylation sites (tertiary alicyclic amines) is 1. The first-order chi connectivity index (χ1) is 65.3. The molecule has 8 aromatic carbocycles. The molecule has 15 aromatic rings. The first-order valence-corrected chi connectivity index (χ1v) is 45.9. The number of aryl methyl sites for hydroxylation is 1. The molecule has 1 spiro atoms. The second-order valence-electron chi connectivity index (χ2n) is 33.4. The van der Waals surface area contributed by atoms with Crippen LogP contribution in [-0.2, 0) is 35.6 Å². The number of para-hydroxylation sites is 2. The maximum atomic E-state index is 14.8. The van der Waals surface area contributed by atoms with Crippen molar-refractivity contribution in [1.82, 2.24) is 69.0 Å². The molecule has 3 saturated heterocycles. The van der Waals surface area contributed by atoms with Gasteiger partial charge in [-0.1, -0.05) is 103 Å². The fourth-order valence-electron chi connectivity index (χ4n) is 16.7. The van der Waals surface area contributed by atoms with Crippen molar-refractivity contribution in [3.63, 3.8) is 0 Å². The minimum Gasteiger partial charge on any atom is -0.493 e. The van der Waals surface area contributed by atoms with E-state index in [4.69, 9.17) is 43.1 Å². The number of nitrogen functional groups attached to an aromatic ring is 1. The summed E-state index contributed by atoms with van der Waals surface area (Å²) in [6.07, 6.45) is 11.7. The lowest BCUT2D eigenvalue weighted by atomic mass is 9.81. The van der Waals surface area contributed by atoms with Crippen LogP contribution in [0.2, 0.25) is 10.0 Å². The van der Waals surface area contributed by atoms with E-state index < -0.39 is 56.8 Å². The van der Waals surface area contributed by atoms with Crippen molar-refractivity contribution >= 4 is 108 Å². The molecule has 34 heteroatoms. The van der Waals surface area contributed by atoms with Gasteiger partial charge in [-0.15, -0.1) is 0 Å². The van der Waals surface area contributed by atoms with Crippen molar-refractivity contribution in [3.05, 3.63) is 342 Å². The largest absolute Gasteiger partial charge is 0.493 e. The van der Waals surface area contributed by atoms with E-state index in [-0.39, 0.29) is 86.9 Å². The maximum Gasteiger partial charge on any atom is 0.274 e. The number of amides is 1. The number of fused-ring (bicyclic) bond motifs is 4. The van der Waals surface area contributed by atoms with Crippen molar-refractivity contribution in [2.24, 2.45) is 0 Å². The molecule has 4 aliphatic rings. The van der Waals surface area contributed by atoms with Gasteiger partial charge in [0.25, 0.3) is 17.0 Å². The van der Waals surface area contributed by atoms with Gasteiger partial charge in [0.2, 0.25) is 11.8 Å². The monoisotopic (exact) mass is 1880 g/mol. The van der Waals surface area contributed by atoms with Crippen molar-refractivity contribution in [3.8, 4) is 40.3 Å². The van der Waals surface area contributed by atoms with Crippen molar-refractivity contribution in [2.45, 2.75) is 87.9 Å². The van der Waals surface area contributed by atoms with Crippen molar-refractivity contribution in [1.29, 1.82) is 0 Å². The molecule has 0 aliphatic carbocycles. The molecule has 4 aliphatic heterocycles. The van der Waals surface area contributed by atoms with Crippen LogP contribution in [0.15, 0.2) is 258 Å². The number of H-pyrrole nitrogens is 2. The van der Waals surface area contributed by atoms with E-state index in [9.17, 15) is 45.7 Å². The highest BCUT2D eigenvalue weighted by molar-refractivity contribution is 7.85. The van der Waals surface area contributed by atoms with E-state index in [2.05, 4.69) is 139 Å². The highest BCUT2D eigenvalue weighted by Crippen LogP contribution is 2.48. The molecule has 19 rings (SSSR count). The topological polar surface area (TPSA) is 324 Å². The Morgan fingerprint density at radius 3 is 2.07 bits per heavy atom. The number of Topliss-reactive ketones (excluding diaryl/α,β-unsaturated/α-hetero) is 2. The molecular weight excluding hydrogens is 1790 g/mol. The van der Waals surface area contributed by atoms with Crippen LogP contribution in [-0.4, -0.2) is 169 Å². The third kappa shape index (κ3) is 22.2. The fraction of sp³-hybridized carbons (Fsp3) is 0.238. The van der Waals surface area contributed by atoms with Gasteiger partial charge in [-0.05, 0) is 215 Å². The number of carbonyl (C=O) groups excluding carboxylic acids is 3. The first-order valence-electron chi connectivity index (χ1n) is 44.0. The number of hydrogen-bond acceptors (Lipinski definition) is 22. The Bertz CT molecular complexity index is 7000. The third-order valence-electron chi connectivity index (χ3n) is 23.7. The number of benzene rings is 8. The van der Waals surface area contributed by atoms with E-state index in [1.807, 2.05) is 61.2 Å². The van der Waals surface area contributed by atoms with Gasteiger partial charge in [0, 0.05) is 140 Å². The van der Waals surface area contributed by atoms with Gasteiger partial charge in [-0.2, -0.15) is 9.97 Å². The van der Waals surface area contributed by atoms with Crippen LogP contribution in [0.4, 0.5) is 52.2 Å². The summed E-state index contributed by atoms with van der Waals surface area (Å²) in [6, 6.07) is 57.8. The Hall–Kier alpha value is -14.1. The normalized spacial score (nSPS) is 15.6. The van der Waals surface area contributed by atoms with Crippen LogP contribution in [0.5, 0.6) is 28.9 Å². The molecule has 7 aromatic heterocycles. The number of nitrogens with one attached hydrogen (secondary N) is 5. The average molecular weight is 1880 g/mol. The number of aromatic nitrogens is 10. The van der Waals surface area contributed by atoms with Crippen LogP contribution < -0.4 is 51.9 Å². The fourth-order valence-corrected chi connectivity index (χ4v) is 18.1. The van der Waals surface area contributed by atoms with Gasteiger partial charge in [0.05, 0.1) is 46.1 Å². The number of halogens is 6. The Balaban J connectivity index is 0.000000131. The zero-order chi connectivity index (χ0) is 94.6. The number of aromatic amines is 2. The molecule has 2 unspecified atom stereocenters. The van der Waals surface area contributed by atoms with Crippen LogP contribution >= 0.6 is 23.2 Å². The third-order valence-corrected chi connectivity index (χ3v) is 26.0. The molecule has 3 fully saturated rings. The quantitative estimate of drug-likeness (QED) is 0.0242. The Kier molecular flexibility index (Phi) is 29.6. The number of ether oxygens (including phenoxy) is 3. The SMILES string of the molecule is CC(C)S(=O)c1ccccc1Nc1nc(Nc2ccc(CN3CCN(C)CC3)cc2)ncc1Cl.CCOc1ccn(-c2ccc(F)cc2)c(=O)c1C(=O)Cc1ccc(Oc2ccnc(N)c2Cl)c(F)c1.Cc1ccc2[nH]c(C(=O)N3C[C@]4(CCN(C5CCCNC5)C4)c4ccccc43)cc2c1.O=C(Cc1ccc(Oc2ncnc3nc[nH]c23)c(F)c1)c1cccn(-c2ccc(F)cc2)c1=O. The number of anilines is 6. The standard InChI is InChI=1S/C26H20ClF2N3O4.C26H30N4O.C25H31ClN6OS.C24H15F2N5O3/c1-2-35-21-10-12-32(17-6-4-16(28)5-7-17)26(34)23(21)19(33)14-15-3-8-20(18(29)13-15)36-22-9-11-31-25(30)24(22)27;1-18-8-9-22-19(13-18)14-23(28-22)25(31)30-17-26(21-6-2-3-7-24(21)30)10-12-29(16-26)20-5-4-11-27-15-20;1-18(2)34(33)23-7-5-4-6-22(23)29-24-21(26)16-27-25(30-24)28-20-10-8-19(9-11-20)17-32-14-12-31(3)13-15-32;25-15-4-6-16(7-5-15)31-9-1-2-17(24(31)33)19(32)11-14-3-8-20(18(26)10-14)34-23-21-22(28-12-27-21)29-13-30-23/h3-13H,2,14H2,1H3,(H2,30,31);2-3,6-9,13-14,20,27-28H,4-5,10-12,15-17H2,1H3;4-11,16,18H,12-15,17H2,1-3H3,(H2,27,28,29,30);1-10,12-13H,11H2,(H,27,28,29,30)/t;20?,26-;;/m.1../s1. The first kappa shape index (κ1) is 94.1. The molecule has 0 radical (unpaired) electrons. The van der Waals surface area contributed by atoms with Gasteiger partial charge in [0.15, 0.2) is 51.9 Å². The predicted octanol–water partition coefficient (Wildman–Crippen LogP) is 18.1. The number of piperidine rings is 1. The summed E-state index contributed by atoms with van der Waals surface area (Å²) >= 11 is 12.4. The van der Waals surface area contributed by atoms with E-state index >= 15 is 0 Å². The number of hydrogen-bond donors (Lipinski definition) is 6. The number of pyridine rings is 3. The summed E-state index contributed by atoms with van der Waals surface area (Å²) in [4.78, 5) is 107. The van der Waals surface area contributed by atoms with Crippen LogP contribution in [0.25, 0.3) is 33.4 Å². The zero-order valence-electron chi connectivity index (χ0n) is 74.4. The van der Waals surface area contributed by atoms with Crippen molar-refractivity contribution in [2.75, 3.05) is 93.8 Å². The van der Waals surface area contributed by atoms with Gasteiger partial charge >= 0.3 is 0 Å². The molecule has 1 amide bonds. The number of nitrogens with two attached hydrogens (primary N) is 1. The van der Waals surface area contributed by atoms with Gasteiger partial charge in [0.1, 0.15) is 56.3 Å². The second kappa shape index (κ2) is 42.4. The van der Waals surface area contributed by atoms with E-state index in [0.717, 1.165) is 105 Å². The lowest BCUT2D eigenvalue weighted by Gasteiger charge is -2.33. The number of carbonyl (C=O) groups is 3. The van der Waals surface area contributed by atoms with Crippen LogP contribution in [0.3, 0.4) is 0 Å². The summed E-state index contributed by atoms with van der Waals surface area (Å²) < 4.78 is 87.7. The predicted molar refractivity (Wildman–Crippen MR) is 515 cm³/mol.